The molecule has 3 atom stereocenters. The molecule has 0 fully saturated rings. The first kappa shape index (κ1) is 24.0. The second-order valence-electron chi connectivity index (χ2n) is 7.55. The minimum Gasteiger partial charge on any atom is -0.367 e. The number of halogens is 1. The van der Waals surface area contributed by atoms with Crippen molar-refractivity contribution >= 4 is 18.5 Å². The van der Waals surface area contributed by atoms with Gasteiger partial charge in [0.05, 0.1) is 18.4 Å². The Labute approximate surface area is 159 Å². The highest BCUT2D eigenvalue weighted by molar-refractivity contribution is 7.84. The number of hydrogen-bond acceptors (Lipinski definition) is 4. The van der Waals surface area contributed by atoms with Crippen LogP contribution in [-0.2, 0) is 0 Å². The van der Waals surface area contributed by atoms with E-state index in [1.165, 1.54) is 6.92 Å². The Kier molecular flexibility index (Phi) is 10.4. The van der Waals surface area contributed by atoms with E-state index in [1.54, 1.807) is 7.05 Å². The maximum Gasteiger partial charge on any atom is 0.117 e. The topological polar surface area (TPSA) is 48.4 Å². The SMILES string of the molecule is C=C(NNC)/C(=C(/S)C(CC)C(C)(C)C)C(C)N/C(C)=N/CC(C)F. The summed E-state index contributed by atoms with van der Waals surface area (Å²) in [5.74, 6) is 1.00. The van der Waals surface area contributed by atoms with E-state index < -0.39 is 6.17 Å². The van der Waals surface area contributed by atoms with Crippen LogP contribution in [0.1, 0.15) is 54.9 Å². The highest BCUT2D eigenvalue weighted by Crippen LogP contribution is 2.39. The highest BCUT2D eigenvalue weighted by atomic mass is 32.1. The molecule has 6 heteroatoms. The molecule has 3 N–H and O–H groups in total. The molecule has 0 spiro atoms. The zero-order valence-electron chi connectivity index (χ0n) is 17.1. The van der Waals surface area contributed by atoms with Crippen molar-refractivity contribution in [1.29, 1.82) is 0 Å². The largest absolute Gasteiger partial charge is 0.367 e. The second-order valence-corrected chi connectivity index (χ2v) is 8.03. The number of amidine groups is 1. The third kappa shape index (κ3) is 8.27. The van der Waals surface area contributed by atoms with Crippen molar-refractivity contribution in [3.63, 3.8) is 0 Å². The van der Waals surface area contributed by atoms with Gasteiger partial charge in [-0.25, -0.2) is 9.82 Å². The zero-order chi connectivity index (χ0) is 19.8. The van der Waals surface area contributed by atoms with E-state index >= 15 is 0 Å². The average molecular weight is 373 g/mol. The van der Waals surface area contributed by atoms with Gasteiger partial charge in [0.1, 0.15) is 6.17 Å². The third-order valence-corrected chi connectivity index (χ3v) is 4.65. The summed E-state index contributed by atoms with van der Waals surface area (Å²) >= 11 is 4.88. The van der Waals surface area contributed by atoms with Gasteiger partial charge in [0, 0.05) is 18.3 Å². The van der Waals surface area contributed by atoms with Crippen molar-refractivity contribution in [2.24, 2.45) is 16.3 Å². The van der Waals surface area contributed by atoms with Gasteiger partial charge in [-0.2, -0.15) is 0 Å². The summed E-state index contributed by atoms with van der Waals surface area (Å²) < 4.78 is 13.0. The lowest BCUT2D eigenvalue weighted by molar-refractivity contribution is 0.280. The normalized spacial score (nSPS) is 17.4. The first-order valence-corrected chi connectivity index (χ1v) is 9.37. The minimum absolute atomic E-state index is 0.0593. The lowest BCUT2D eigenvalue weighted by Gasteiger charge is -2.34. The van der Waals surface area contributed by atoms with Crippen LogP contribution in [-0.4, -0.2) is 31.6 Å². The Balaban J connectivity index is 5.73. The number of thiol groups is 1. The molecule has 4 nitrogen and oxygen atoms in total. The van der Waals surface area contributed by atoms with Crippen molar-refractivity contribution in [3.05, 3.63) is 22.8 Å². The molecule has 0 aliphatic carbocycles. The fourth-order valence-corrected chi connectivity index (χ4v) is 3.85. The molecule has 0 aliphatic rings. The van der Waals surface area contributed by atoms with Crippen LogP contribution in [0.2, 0.25) is 0 Å². The van der Waals surface area contributed by atoms with Gasteiger partial charge in [-0.1, -0.05) is 34.3 Å². The number of hydrazine groups is 1. The van der Waals surface area contributed by atoms with Crippen LogP contribution in [0.25, 0.3) is 0 Å². The number of nitrogens with one attached hydrogen (secondary N) is 3. The van der Waals surface area contributed by atoms with Gasteiger partial charge in [-0.15, -0.1) is 12.6 Å². The predicted molar refractivity (Wildman–Crippen MR) is 112 cm³/mol. The minimum atomic E-state index is -0.950. The molecule has 146 valence electrons. The molecule has 0 aliphatic heterocycles. The monoisotopic (exact) mass is 372 g/mol. The van der Waals surface area contributed by atoms with Crippen LogP contribution >= 0.6 is 12.6 Å². The van der Waals surface area contributed by atoms with Gasteiger partial charge in [0.2, 0.25) is 0 Å². The Morgan fingerprint density at radius 2 is 1.84 bits per heavy atom. The second kappa shape index (κ2) is 10.9. The van der Waals surface area contributed by atoms with E-state index in [0.717, 1.165) is 22.6 Å². The number of aliphatic imine (C=N–C) groups is 1. The van der Waals surface area contributed by atoms with Gasteiger partial charge < -0.3 is 10.7 Å². The first-order chi connectivity index (χ1) is 11.4. The number of hydrogen-bond donors (Lipinski definition) is 4. The summed E-state index contributed by atoms with van der Waals surface area (Å²) in [5.41, 5.74) is 7.85. The average Bonchev–Trinajstić information content (AvgIpc) is 2.44. The Bertz CT molecular complexity index is 492. The molecular formula is C19H37FN4S. The summed E-state index contributed by atoms with van der Waals surface area (Å²) in [6.07, 6.45) is 0.0338. The van der Waals surface area contributed by atoms with Crippen LogP contribution in [0.3, 0.4) is 0 Å². The fraction of sp³-hybridized carbons (Fsp3) is 0.737. The summed E-state index contributed by atoms with van der Waals surface area (Å²) in [4.78, 5) is 5.25. The standard InChI is InChI=1S/C19H37FN4S/c1-10-16(19(6,7)8)18(25)17(14(4)24-21-9)13(3)23-15(5)22-11-12(2)20/h12-13,16,21,24-25H,4,10-11H2,1-3,5-9H3,(H,22,23)/b18-17+. The lowest BCUT2D eigenvalue weighted by Crippen LogP contribution is -2.38. The Morgan fingerprint density at radius 1 is 1.28 bits per heavy atom. The Morgan fingerprint density at radius 3 is 2.24 bits per heavy atom. The molecule has 0 saturated carbocycles. The van der Waals surface area contributed by atoms with Crippen LogP contribution < -0.4 is 16.2 Å². The summed E-state index contributed by atoms with van der Waals surface area (Å²) in [6, 6.07) is -0.0593. The molecule has 0 bridgehead atoms. The summed E-state index contributed by atoms with van der Waals surface area (Å²) in [5, 5.41) is 3.33. The van der Waals surface area contributed by atoms with E-state index in [2.05, 4.69) is 55.4 Å². The number of rotatable bonds is 9. The van der Waals surface area contributed by atoms with Gasteiger partial charge in [0.15, 0.2) is 0 Å². The molecule has 25 heavy (non-hydrogen) atoms. The number of allylic oxidation sites excluding steroid dienone is 1. The van der Waals surface area contributed by atoms with Crippen molar-refractivity contribution < 1.29 is 4.39 Å². The zero-order valence-corrected chi connectivity index (χ0v) is 18.0. The maximum absolute atomic E-state index is 13.0. The molecule has 0 heterocycles. The quantitative estimate of drug-likeness (QED) is 0.161. The van der Waals surface area contributed by atoms with Gasteiger partial charge in [-0.3, -0.25) is 4.99 Å². The van der Waals surface area contributed by atoms with Gasteiger partial charge >= 0.3 is 0 Å². The maximum atomic E-state index is 13.0. The summed E-state index contributed by atoms with van der Waals surface area (Å²) in [6.45, 7) is 18.5. The molecule has 0 aromatic carbocycles. The van der Waals surface area contributed by atoms with Crippen molar-refractivity contribution in [2.75, 3.05) is 13.6 Å². The van der Waals surface area contributed by atoms with Gasteiger partial charge in [0.25, 0.3) is 0 Å². The van der Waals surface area contributed by atoms with Crippen LogP contribution in [0.5, 0.6) is 0 Å². The van der Waals surface area contributed by atoms with Crippen LogP contribution in [0.4, 0.5) is 4.39 Å². The van der Waals surface area contributed by atoms with Crippen LogP contribution in [0.15, 0.2) is 27.7 Å². The van der Waals surface area contributed by atoms with Gasteiger partial charge in [-0.05, 0) is 43.4 Å². The first-order valence-electron chi connectivity index (χ1n) is 8.92. The molecule has 0 saturated heterocycles. The van der Waals surface area contributed by atoms with E-state index in [4.69, 9.17) is 12.6 Å². The molecular weight excluding hydrogens is 335 g/mol. The molecule has 0 rings (SSSR count). The molecule has 0 aromatic heterocycles. The van der Waals surface area contributed by atoms with E-state index in [-0.39, 0.29) is 18.0 Å². The summed E-state index contributed by atoms with van der Waals surface area (Å²) in [7, 11) is 1.80. The van der Waals surface area contributed by atoms with Crippen molar-refractivity contribution in [3.8, 4) is 0 Å². The van der Waals surface area contributed by atoms with Crippen molar-refractivity contribution in [2.45, 2.75) is 67.1 Å². The third-order valence-electron chi connectivity index (χ3n) is 4.10. The van der Waals surface area contributed by atoms with E-state index in [1.807, 2.05) is 13.8 Å². The van der Waals surface area contributed by atoms with E-state index in [9.17, 15) is 4.39 Å². The number of nitrogens with zero attached hydrogens (tertiary/aromatic N) is 1. The molecule has 0 aromatic rings. The smallest absolute Gasteiger partial charge is 0.117 e. The predicted octanol–water partition coefficient (Wildman–Crippen LogP) is 4.23. The van der Waals surface area contributed by atoms with E-state index in [0.29, 0.717) is 11.8 Å². The Hall–Kier alpha value is -1.01. The number of alkyl halides is 1. The van der Waals surface area contributed by atoms with Crippen LogP contribution in [0, 0.1) is 11.3 Å². The molecule has 0 radical (unpaired) electrons. The fourth-order valence-electron chi connectivity index (χ4n) is 2.95. The highest BCUT2D eigenvalue weighted by Gasteiger charge is 2.29. The lowest BCUT2D eigenvalue weighted by atomic mass is 9.77. The molecule has 0 amide bonds. The molecule has 3 unspecified atom stereocenters. The van der Waals surface area contributed by atoms with Crippen molar-refractivity contribution in [1.82, 2.24) is 16.2 Å².